The van der Waals surface area contributed by atoms with Crippen LogP contribution in [0.2, 0.25) is 0 Å². The molecule has 0 spiro atoms. The van der Waals surface area contributed by atoms with Crippen molar-refractivity contribution in [1.82, 2.24) is 4.90 Å². The van der Waals surface area contributed by atoms with E-state index in [2.05, 4.69) is 0 Å². The van der Waals surface area contributed by atoms with Crippen LogP contribution in [0.1, 0.15) is 32.6 Å². The van der Waals surface area contributed by atoms with E-state index < -0.39 is 11.9 Å². The molecule has 2 aromatic carbocycles. The molecule has 0 aromatic heterocycles. The van der Waals surface area contributed by atoms with Gasteiger partial charge in [-0.3, -0.25) is 9.59 Å². The smallest absolute Gasteiger partial charge is 0.323 e. The number of rotatable bonds is 5. The Morgan fingerprint density at radius 3 is 2.48 bits per heavy atom. The summed E-state index contributed by atoms with van der Waals surface area (Å²) in [6.45, 7) is -0.383. The second kappa shape index (κ2) is 7.76. The van der Waals surface area contributed by atoms with Gasteiger partial charge in [0.1, 0.15) is 18.7 Å². The van der Waals surface area contributed by atoms with E-state index in [0.29, 0.717) is 28.7 Å². The fourth-order valence-corrected chi connectivity index (χ4v) is 2.50. The Morgan fingerprint density at radius 1 is 1.12 bits per heavy atom. The third-order valence-electron chi connectivity index (χ3n) is 3.67. The predicted octanol–water partition coefficient (Wildman–Crippen LogP) is 2.18. The third kappa shape index (κ3) is 4.21. The Morgan fingerprint density at radius 2 is 1.84 bits per heavy atom. The number of nitrogens with zero attached hydrogens (tertiary/aromatic N) is 3. The Hall–Kier alpha value is -3.64. The zero-order valence-corrected chi connectivity index (χ0v) is 13.6. The van der Waals surface area contributed by atoms with Crippen LogP contribution >= 0.6 is 0 Å². The minimum Gasteiger partial charge on any atom is -0.480 e. The minimum atomic E-state index is -1.08. The number of hydrogen-bond acceptors (Lipinski definition) is 4. The van der Waals surface area contributed by atoms with Crippen LogP contribution in [0.25, 0.3) is 0 Å². The molecule has 0 saturated carbocycles. The van der Waals surface area contributed by atoms with Crippen molar-refractivity contribution in [2.24, 2.45) is 0 Å². The summed E-state index contributed by atoms with van der Waals surface area (Å²) >= 11 is 0. The maximum atomic E-state index is 12.3. The number of carboxylic acid groups (broad SMARTS) is 1. The Labute approximate surface area is 145 Å². The van der Waals surface area contributed by atoms with E-state index in [-0.39, 0.29) is 6.54 Å². The highest BCUT2D eigenvalue weighted by Gasteiger charge is 2.15. The van der Waals surface area contributed by atoms with Gasteiger partial charge in [0, 0.05) is 12.6 Å². The van der Waals surface area contributed by atoms with Gasteiger partial charge >= 0.3 is 5.97 Å². The van der Waals surface area contributed by atoms with E-state index in [0.717, 1.165) is 10.5 Å². The average Bonchev–Trinajstić information content (AvgIpc) is 2.60. The first-order chi connectivity index (χ1) is 12.0. The average molecular weight is 333 g/mol. The molecular weight excluding hydrogens is 318 g/mol. The lowest BCUT2D eigenvalue weighted by molar-refractivity contribution is -0.137. The van der Waals surface area contributed by atoms with Gasteiger partial charge in [-0.25, -0.2) is 0 Å². The third-order valence-corrected chi connectivity index (χ3v) is 3.67. The molecule has 124 valence electrons. The number of carbonyl (C=O) groups is 2. The number of likely N-dealkylation sites (N-methyl/N-ethyl adjacent to an activating group) is 1. The fourth-order valence-electron chi connectivity index (χ4n) is 2.50. The Balaban J connectivity index is 2.29. The molecule has 0 bridgehead atoms. The summed E-state index contributed by atoms with van der Waals surface area (Å²) in [6.07, 6.45) is 0.391. The van der Waals surface area contributed by atoms with E-state index in [1.165, 1.54) is 7.05 Å². The van der Waals surface area contributed by atoms with Crippen LogP contribution in [0.4, 0.5) is 0 Å². The summed E-state index contributed by atoms with van der Waals surface area (Å²) in [6, 6.07) is 15.9. The molecule has 1 N–H and O–H groups in total. The lowest BCUT2D eigenvalue weighted by Gasteiger charge is -2.15. The van der Waals surface area contributed by atoms with Crippen molar-refractivity contribution >= 4 is 11.9 Å². The monoisotopic (exact) mass is 333 g/mol. The van der Waals surface area contributed by atoms with Gasteiger partial charge in [-0.15, -0.1) is 0 Å². The topological polar surface area (TPSA) is 105 Å². The van der Waals surface area contributed by atoms with Crippen LogP contribution in [-0.4, -0.2) is 35.5 Å². The molecular formula is C19H15N3O3. The van der Waals surface area contributed by atoms with E-state index >= 15 is 0 Å². The number of amides is 1. The summed E-state index contributed by atoms with van der Waals surface area (Å²) in [5.41, 5.74) is 2.50. The molecule has 6 nitrogen and oxygen atoms in total. The predicted molar refractivity (Wildman–Crippen MR) is 89.7 cm³/mol. The van der Waals surface area contributed by atoms with Crippen molar-refractivity contribution in [3.8, 4) is 12.1 Å². The van der Waals surface area contributed by atoms with Crippen molar-refractivity contribution in [3.05, 3.63) is 70.3 Å². The summed E-state index contributed by atoms with van der Waals surface area (Å²) in [5, 5.41) is 27.2. The maximum Gasteiger partial charge on any atom is 0.323 e. The summed E-state index contributed by atoms with van der Waals surface area (Å²) in [4.78, 5) is 24.1. The molecule has 1 amide bonds. The number of carbonyl (C=O) groups excluding carboxylic acids is 1. The molecule has 0 fully saturated rings. The van der Waals surface area contributed by atoms with Crippen LogP contribution in [0.5, 0.6) is 0 Å². The Kier molecular flexibility index (Phi) is 5.50. The first-order valence-electron chi connectivity index (χ1n) is 7.44. The number of hydrogen-bond donors (Lipinski definition) is 1. The van der Waals surface area contributed by atoms with Gasteiger partial charge in [0.2, 0.25) is 0 Å². The molecule has 2 rings (SSSR count). The summed E-state index contributed by atoms with van der Waals surface area (Å²) in [5.74, 6) is -1.48. The van der Waals surface area contributed by atoms with E-state index in [1.807, 2.05) is 18.2 Å². The zero-order chi connectivity index (χ0) is 18.4. The molecule has 0 aliphatic heterocycles. The van der Waals surface area contributed by atoms with Crippen LogP contribution in [0.3, 0.4) is 0 Å². The molecule has 0 atom stereocenters. The van der Waals surface area contributed by atoms with Crippen LogP contribution < -0.4 is 0 Å². The van der Waals surface area contributed by atoms with Crippen LogP contribution in [0, 0.1) is 22.7 Å². The molecule has 6 heteroatoms. The number of benzene rings is 2. The standard InChI is InChI=1S/C19H15N3O3/c1-22(12-18(23)24)19(25)15-6-2-4-13(9-15)8-14-5-3-7-16(10-20)17(14)11-21/h2-7,9H,8,12H2,1H3,(H,23,24). The van der Waals surface area contributed by atoms with Gasteiger partial charge in [-0.2, -0.15) is 10.5 Å². The molecule has 2 aromatic rings. The van der Waals surface area contributed by atoms with Crippen molar-refractivity contribution in [3.63, 3.8) is 0 Å². The van der Waals surface area contributed by atoms with Gasteiger partial charge in [-0.05, 0) is 35.7 Å². The molecule has 0 radical (unpaired) electrons. The first-order valence-corrected chi connectivity index (χ1v) is 7.44. The highest BCUT2D eigenvalue weighted by atomic mass is 16.4. The van der Waals surface area contributed by atoms with E-state index in [9.17, 15) is 14.9 Å². The lowest BCUT2D eigenvalue weighted by atomic mass is 9.96. The molecule has 25 heavy (non-hydrogen) atoms. The zero-order valence-electron chi connectivity index (χ0n) is 13.6. The van der Waals surface area contributed by atoms with Crippen molar-refractivity contribution < 1.29 is 14.7 Å². The summed E-state index contributed by atoms with van der Waals surface area (Å²) in [7, 11) is 1.42. The quantitative estimate of drug-likeness (QED) is 0.903. The van der Waals surface area contributed by atoms with Gasteiger partial charge in [-0.1, -0.05) is 24.3 Å². The maximum absolute atomic E-state index is 12.3. The lowest BCUT2D eigenvalue weighted by Crippen LogP contribution is -2.31. The van der Waals surface area contributed by atoms with Crippen molar-refractivity contribution in [1.29, 1.82) is 10.5 Å². The SMILES string of the molecule is CN(CC(=O)O)C(=O)c1cccc(Cc2cccc(C#N)c2C#N)c1. The fraction of sp³-hybridized carbons (Fsp3) is 0.158. The van der Waals surface area contributed by atoms with Gasteiger partial charge in [0.15, 0.2) is 0 Å². The van der Waals surface area contributed by atoms with E-state index in [1.54, 1.807) is 36.4 Å². The van der Waals surface area contributed by atoms with Gasteiger partial charge in [0.05, 0.1) is 11.1 Å². The molecule has 0 unspecified atom stereocenters. The number of carboxylic acids is 1. The van der Waals surface area contributed by atoms with E-state index in [4.69, 9.17) is 10.4 Å². The second-order valence-electron chi connectivity index (χ2n) is 5.50. The molecule has 0 aliphatic carbocycles. The summed E-state index contributed by atoms with van der Waals surface area (Å²) < 4.78 is 0. The van der Waals surface area contributed by atoms with Crippen molar-refractivity contribution in [2.75, 3.05) is 13.6 Å². The molecule has 0 saturated heterocycles. The minimum absolute atomic E-state index is 0.313. The molecule has 0 aliphatic rings. The van der Waals surface area contributed by atoms with Gasteiger partial charge in [0.25, 0.3) is 5.91 Å². The van der Waals surface area contributed by atoms with Gasteiger partial charge < -0.3 is 10.0 Å². The Bertz CT molecular complexity index is 907. The number of aliphatic carboxylic acids is 1. The first kappa shape index (κ1) is 17.7. The highest BCUT2D eigenvalue weighted by molar-refractivity contribution is 5.95. The molecule has 0 heterocycles. The number of nitriles is 2. The normalized spacial score (nSPS) is 9.72. The second-order valence-corrected chi connectivity index (χ2v) is 5.50. The largest absolute Gasteiger partial charge is 0.480 e. The highest BCUT2D eigenvalue weighted by Crippen LogP contribution is 2.18. The van der Waals surface area contributed by atoms with Crippen LogP contribution in [0.15, 0.2) is 42.5 Å². The van der Waals surface area contributed by atoms with Crippen molar-refractivity contribution in [2.45, 2.75) is 6.42 Å². The van der Waals surface area contributed by atoms with Crippen LogP contribution in [-0.2, 0) is 11.2 Å².